The molecule has 0 saturated heterocycles. The Morgan fingerprint density at radius 3 is 2.56 bits per heavy atom. The van der Waals surface area contributed by atoms with E-state index in [4.69, 9.17) is 0 Å². The SMILES string of the molecule is CCS(=O)(=O)NCCCC[C@@H](C)[C@H]1CCC2/C(=C/C=C3C[C@@H](O)C[C@H](O)C3)CCC[C@@]21C. The summed E-state index contributed by atoms with van der Waals surface area (Å²) in [5.41, 5.74) is 3.11. The molecule has 3 aliphatic rings. The normalized spacial score (nSPS) is 35.7. The van der Waals surface area contributed by atoms with E-state index in [9.17, 15) is 18.6 Å². The fourth-order valence-electron chi connectivity index (χ4n) is 6.87. The number of rotatable bonds is 9. The third-order valence-corrected chi connectivity index (χ3v) is 9.99. The van der Waals surface area contributed by atoms with Crippen LogP contribution in [0.1, 0.15) is 91.4 Å². The Kier molecular flexibility index (Phi) is 9.04. The highest BCUT2D eigenvalue weighted by molar-refractivity contribution is 7.89. The lowest BCUT2D eigenvalue weighted by Gasteiger charge is -2.44. The van der Waals surface area contributed by atoms with E-state index in [-0.39, 0.29) is 5.75 Å². The molecule has 184 valence electrons. The van der Waals surface area contributed by atoms with Gasteiger partial charge in [0.25, 0.3) is 0 Å². The van der Waals surface area contributed by atoms with Crippen LogP contribution >= 0.6 is 0 Å². The zero-order valence-electron chi connectivity index (χ0n) is 20.4. The Bertz CT molecular complexity index is 778. The fraction of sp³-hybridized carbons (Fsp3) is 0.846. The van der Waals surface area contributed by atoms with Gasteiger partial charge in [0.2, 0.25) is 10.0 Å². The summed E-state index contributed by atoms with van der Waals surface area (Å²) in [5, 5.41) is 20.0. The van der Waals surface area contributed by atoms with Crippen LogP contribution in [0.5, 0.6) is 0 Å². The molecule has 0 spiro atoms. The summed E-state index contributed by atoms with van der Waals surface area (Å²) in [6, 6.07) is 0. The topological polar surface area (TPSA) is 86.6 Å². The molecule has 32 heavy (non-hydrogen) atoms. The van der Waals surface area contributed by atoms with Gasteiger partial charge in [-0.05, 0) is 87.9 Å². The highest BCUT2D eigenvalue weighted by Gasteiger charge is 2.50. The van der Waals surface area contributed by atoms with Gasteiger partial charge in [-0.15, -0.1) is 0 Å². The molecule has 0 aliphatic heterocycles. The van der Waals surface area contributed by atoms with Gasteiger partial charge in [-0.2, -0.15) is 0 Å². The van der Waals surface area contributed by atoms with Crippen LogP contribution in [0.25, 0.3) is 0 Å². The molecule has 3 fully saturated rings. The van der Waals surface area contributed by atoms with Crippen molar-refractivity contribution in [3.05, 3.63) is 23.3 Å². The zero-order chi connectivity index (χ0) is 23.4. The van der Waals surface area contributed by atoms with Crippen molar-refractivity contribution in [3.63, 3.8) is 0 Å². The molecule has 5 nitrogen and oxygen atoms in total. The first-order valence-corrected chi connectivity index (χ1v) is 14.5. The molecule has 3 rings (SSSR count). The molecule has 3 N–H and O–H groups in total. The largest absolute Gasteiger partial charge is 0.393 e. The van der Waals surface area contributed by atoms with Crippen molar-refractivity contribution in [3.8, 4) is 0 Å². The van der Waals surface area contributed by atoms with E-state index >= 15 is 0 Å². The number of hydrogen-bond donors (Lipinski definition) is 3. The maximum absolute atomic E-state index is 11.6. The molecule has 3 saturated carbocycles. The highest BCUT2D eigenvalue weighted by atomic mass is 32.2. The Morgan fingerprint density at radius 2 is 1.88 bits per heavy atom. The number of allylic oxidation sites excluding steroid dienone is 3. The molecular weight excluding hydrogens is 422 g/mol. The van der Waals surface area contributed by atoms with Crippen LogP contribution in [0, 0.1) is 23.2 Å². The van der Waals surface area contributed by atoms with Gasteiger partial charge in [-0.1, -0.05) is 50.0 Å². The molecule has 0 bridgehead atoms. The number of fused-ring (bicyclic) bond motifs is 1. The number of hydrogen-bond acceptors (Lipinski definition) is 4. The Morgan fingerprint density at radius 1 is 1.16 bits per heavy atom. The number of aliphatic hydroxyl groups excluding tert-OH is 2. The van der Waals surface area contributed by atoms with E-state index in [0.29, 0.717) is 43.1 Å². The third kappa shape index (κ3) is 6.46. The molecule has 0 heterocycles. The Labute approximate surface area is 195 Å². The molecule has 0 amide bonds. The molecule has 0 aromatic rings. The smallest absolute Gasteiger partial charge is 0.211 e. The van der Waals surface area contributed by atoms with Crippen molar-refractivity contribution in [2.24, 2.45) is 23.2 Å². The van der Waals surface area contributed by atoms with Gasteiger partial charge in [0.15, 0.2) is 0 Å². The second-order valence-electron chi connectivity index (χ2n) is 10.9. The van der Waals surface area contributed by atoms with Gasteiger partial charge in [-0.3, -0.25) is 0 Å². The number of sulfonamides is 1. The Balaban J connectivity index is 1.56. The molecule has 6 heteroatoms. The number of unbranched alkanes of at least 4 members (excludes halogenated alkanes) is 1. The first-order chi connectivity index (χ1) is 15.1. The van der Waals surface area contributed by atoms with Gasteiger partial charge in [-0.25, -0.2) is 13.1 Å². The van der Waals surface area contributed by atoms with E-state index in [0.717, 1.165) is 18.8 Å². The van der Waals surface area contributed by atoms with Crippen molar-refractivity contribution in [1.29, 1.82) is 0 Å². The van der Waals surface area contributed by atoms with Crippen LogP contribution in [-0.2, 0) is 10.0 Å². The number of aliphatic hydroxyl groups is 2. The predicted octanol–water partition coefficient (Wildman–Crippen LogP) is 4.71. The molecule has 0 aromatic heterocycles. The average molecular weight is 468 g/mol. The second-order valence-corrected chi connectivity index (χ2v) is 13.0. The minimum Gasteiger partial charge on any atom is -0.393 e. The first-order valence-electron chi connectivity index (χ1n) is 12.9. The lowest BCUT2D eigenvalue weighted by atomic mass is 9.60. The summed E-state index contributed by atoms with van der Waals surface area (Å²) < 4.78 is 25.8. The van der Waals surface area contributed by atoms with Crippen LogP contribution in [0.3, 0.4) is 0 Å². The molecule has 0 aromatic carbocycles. The van der Waals surface area contributed by atoms with E-state index in [1.165, 1.54) is 44.1 Å². The van der Waals surface area contributed by atoms with E-state index in [1.807, 2.05) is 0 Å². The standard InChI is InChI=1S/C26H45NO4S/c1-4-32(30,31)27-15-6-5-8-19(2)24-12-13-25-21(9-7-14-26(24,25)3)11-10-20-16-22(28)18-23(29)17-20/h10-11,19,22-25,27-29H,4-9,12-18H2,1-3H3/b21-11+/t19-,22-,23-,24-,25?,26-/m1/s1. The molecular formula is C26H45NO4S. The Hall–Kier alpha value is -0.690. The van der Waals surface area contributed by atoms with Crippen molar-refractivity contribution < 1.29 is 18.6 Å². The summed E-state index contributed by atoms with van der Waals surface area (Å²) in [7, 11) is -3.08. The van der Waals surface area contributed by atoms with Crippen LogP contribution < -0.4 is 4.72 Å². The van der Waals surface area contributed by atoms with E-state index in [1.54, 1.807) is 12.5 Å². The van der Waals surface area contributed by atoms with Crippen molar-refractivity contribution in [1.82, 2.24) is 4.72 Å². The van der Waals surface area contributed by atoms with Gasteiger partial charge >= 0.3 is 0 Å². The quantitative estimate of drug-likeness (QED) is 0.429. The lowest BCUT2D eigenvalue weighted by Crippen LogP contribution is -2.36. The molecule has 0 radical (unpaired) electrons. The van der Waals surface area contributed by atoms with Gasteiger partial charge < -0.3 is 10.2 Å². The van der Waals surface area contributed by atoms with Crippen LogP contribution in [0.2, 0.25) is 0 Å². The van der Waals surface area contributed by atoms with E-state index < -0.39 is 22.2 Å². The zero-order valence-corrected chi connectivity index (χ0v) is 21.2. The minimum atomic E-state index is -3.08. The fourth-order valence-corrected chi connectivity index (χ4v) is 7.53. The van der Waals surface area contributed by atoms with Crippen LogP contribution in [-0.4, -0.2) is 43.1 Å². The van der Waals surface area contributed by atoms with Gasteiger partial charge in [0.05, 0.1) is 18.0 Å². The van der Waals surface area contributed by atoms with Crippen LogP contribution in [0.4, 0.5) is 0 Å². The maximum Gasteiger partial charge on any atom is 0.211 e. The summed E-state index contributed by atoms with van der Waals surface area (Å²) >= 11 is 0. The second kappa shape index (κ2) is 11.2. The van der Waals surface area contributed by atoms with Crippen molar-refractivity contribution >= 4 is 10.0 Å². The molecule has 3 aliphatic carbocycles. The molecule has 1 unspecified atom stereocenters. The van der Waals surface area contributed by atoms with Crippen molar-refractivity contribution in [2.45, 2.75) is 104 Å². The molecule has 6 atom stereocenters. The monoisotopic (exact) mass is 467 g/mol. The van der Waals surface area contributed by atoms with Gasteiger partial charge in [0, 0.05) is 6.54 Å². The summed E-state index contributed by atoms with van der Waals surface area (Å²) in [4.78, 5) is 0. The predicted molar refractivity (Wildman–Crippen MR) is 131 cm³/mol. The lowest BCUT2D eigenvalue weighted by molar-refractivity contribution is 0.0609. The number of nitrogens with one attached hydrogen (secondary N) is 1. The van der Waals surface area contributed by atoms with E-state index in [2.05, 4.69) is 30.7 Å². The summed E-state index contributed by atoms with van der Waals surface area (Å²) in [6.45, 7) is 7.14. The minimum absolute atomic E-state index is 0.152. The van der Waals surface area contributed by atoms with Crippen molar-refractivity contribution in [2.75, 3.05) is 12.3 Å². The summed E-state index contributed by atoms with van der Waals surface area (Å²) in [6.07, 6.45) is 15.0. The van der Waals surface area contributed by atoms with Gasteiger partial charge in [0.1, 0.15) is 0 Å². The summed E-state index contributed by atoms with van der Waals surface area (Å²) in [5.74, 6) is 2.19. The first kappa shape index (κ1) is 25.9. The van der Waals surface area contributed by atoms with Crippen LogP contribution in [0.15, 0.2) is 23.3 Å². The maximum atomic E-state index is 11.6. The third-order valence-electron chi connectivity index (χ3n) is 8.59. The average Bonchev–Trinajstić information content (AvgIpc) is 3.08. The highest BCUT2D eigenvalue weighted by Crippen LogP contribution is 2.59.